The number of benzene rings is 2. The van der Waals surface area contributed by atoms with Crippen molar-refractivity contribution in [3.05, 3.63) is 77.6 Å². The van der Waals surface area contributed by atoms with Gasteiger partial charge < -0.3 is 15.0 Å². The minimum atomic E-state index is -0.0939. The number of methoxy groups -OCH3 is 1. The fourth-order valence-electron chi connectivity index (χ4n) is 2.98. The zero-order valence-corrected chi connectivity index (χ0v) is 17.2. The summed E-state index contributed by atoms with van der Waals surface area (Å²) < 4.78 is 5.37. The van der Waals surface area contributed by atoms with E-state index >= 15 is 0 Å². The van der Waals surface area contributed by atoms with Crippen molar-refractivity contribution in [2.24, 2.45) is 0 Å². The van der Waals surface area contributed by atoms with Crippen molar-refractivity contribution < 1.29 is 9.53 Å². The van der Waals surface area contributed by atoms with E-state index in [1.54, 1.807) is 19.5 Å². The zero-order chi connectivity index (χ0) is 20.8. The standard InChI is InChI=1S/C23H26N4O2/c1-16(2)27(15-18-8-6-5-7-9-18)22(28)19-13-24-23(25-14-19)26-20-12-17(3)10-11-21(20)29-4/h5-14,16H,15H2,1-4H3,(H,24,25,26). The van der Waals surface area contributed by atoms with E-state index in [-0.39, 0.29) is 11.9 Å². The fourth-order valence-corrected chi connectivity index (χ4v) is 2.98. The Morgan fingerprint density at radius 1 is 1.10 bits per heavy atom. The van der Waals surface area contributed by atoms with Crippen LogP contribution in [0.3, 0.4) is 0 Å². The van der Waals surface area contributed by atoms with Crippen molar-refractivity contribution in [3.8, 4) is 5.75 Å². The summed E-state index contributed by atoms with van der Waals surface area (Å²) in [5, 5.41) is 3.15. The highest BCUT2D eigenvalue weighted by molar-refractivity contribution is 5.94. The largest absolute Gasteiger partial charge is 0.495 e. The lowest BCUT2D eigenvalue weighted by Crippen LogP contribution is -2.36. The van der Waals surface area contributed by atoms with Crippen molar-refractivity contribution in [2.45, 2.75) is 33.4 Å². The monoisotopic (exact) mass is 390 g/mol. The van der Waals surface area contributed by atoms with Crippen LogP contribution in [0.4, 0.5) is 11.6 Å². The number of anilines is 2. The lowest BCUT2D eigenvalue weighted by Gasteiger charge is -2.26. The summed E-state index contributed by atoms with van der Waals surface area (Å²) in [5.74, 6) is 1.02. The van der Waals surface area contributed by atoms with Crippen LogP contribution in [0, 0.1) is 6.92 Å². The molecule has 1 aromatic heterocycles. The van der Waals surface area contributed by atoms with Gasteiger partial charge >= 0.3 is 0 Å². The molecule has 0 bridgehead atoms. The number of nitrogens with zero attached hydrogens (tertiary/aromatic N) is 3. The van der Waals surface area contributed by atoms with Crippen molar-refractivity contribution in [1.82, 2.24) is 14.9 Å². The molecule has 29 heavy (non-hydrogen) atoms. The first kappa shape index (κ1) is 20.3. The van der Waals surface area contributed by atoms with Crippen molar-refractivity contribution in [1.29, 1.82) is 0 Å². The van der Waals surface area contributed by atoms with Crippen LogP contribution in [-0.2, 0) is 6.54 Å². The van der Waals surface area contributed by atoms with Crippen LogP contribution in [0.1, 0.15) is 35.3 Å². The molecule has 1 amide bonds. The summed E-state index contributed by atoms with van der Waals surface area (Å²) in [7, 11) is 1.62. The molecule has 6 heteroatoms. The number of aromatic nitrogens is 2. The molecule has 150 valence electrons. The Morgan fingerprint density at radius 3 is 2.41 bits per heavy atom. The molecule has 3 aromatic rings. The van der Waals surface area contributed by atoms with E-state index in [0.717, 1.165) is 16.8 Å². The number of carbonyl (C=O) groups is 1. The summed E-state index contributed by atoms with van der Waals surface area (Å²) in [6.07, 6.45) is 3.11. The van der Waals surface area contributed by atoms with Crippen LogP contribution in [-0.4, -0.2) is 33.9 Å². The molecule has 0 atom stereocenters. The molecule has 6 nitrogen and oxygen atoms in total. The third-order valence-electron chi connectivity index (χ3n) is 4.58. The third kappa shape index (κ3) is 5.10. The summed E-state index contributed by atoms with van der Waals surface area (Å²) in [4.78, 5) is 23.5. The average Bonchev–Trinajstić information content (AvgIpc) is 2.73. The van der Waals surface area contributed by atoms with E-state index in [9.17, 15) is 4.79 Å². The first-order chi connectivity index (χ1) is 14.0. The molecule has 0 fully saturated rings. The molecule has 1 heterocycles. The normalized spacial score (nSPS) is 10.7. The van der Waals surface area contributed by atoms with Crippen molar-refractivity contribution in [3.63, 3.8) is 0 Å². The topological polar surface area (TPSA) is 67.3 Å². The molecule has 0 aliphatic rings. The molecule has 0 spiro atoms. The zero-order valence-electron chi connectivity index (χ0n) is 17.2. The first-order valence-corrected chi connectivity index (χ1v) is 9.56. The predicted molar refractivity (Wildman–Crippen MR) is 114 cm³/mol. The molecule has 0 radical (unpaired) electrons. The Balaban J connectivity index is 1.76. The second-order valence-corrected chi connectivity index (χ2v) is 7.14. The molecular weight excluding hydrogens is 364 g/mol. The van der Waals surface area contributed by atoms with Crippen LogP contribution < -0.4 is 10.1 Å². The van der Waals surface area contributed by atoms with E-state index in [4.69, 9.17) is 4.74 Å². The summed E-state index contributed by atoms with van der Waals surface area (Å²) in [6.45, 7) is 6.54. The number of rotatable bonds is 7. The number of aryl methyl sites for hydroxylation is 1. The van der Waals surface area contributed by atoms with Gasteiger partial charge in [-0.05, 0) is 44.0 Å². The lowest BCUT2D eigenvalue weighted by atomic mass is 10.1. The maximum atomic E-state index is 13.0. The second kappa shape index (κ2) is 9.19. The molecule has 0 saturated carbocycles. The summed E-state index contributed by atoms with van der Waals surface area (Å²) in [5.41, 5.74) is 3.41. The van der Waals surface area contributed by atoms with Crippen molar-refractivity contribution >= 4 is 17.5 Å². The minimum absolute atomic E-state index is 0.0528. The Kier molecular flexibility index (Phi) is 6.44. The number of hydrogen-bond acceptors (Lipinski definition) is 5. The summed E-state index contributed by atoms with van der Waals surface area (Å²) in [6, 6.07) is 15.8. The van der Waals surface area contributed by atoms with Crippen LogP contribution >= 0.6 is 0 Å². The highest BCUT2D eigenvalue weighted by atomic mass is 16.5. The van der Waals surface area contributed by atoms with Gasteiger partial charge in [0, 0.05) is 25.0 Å². The van der Waals surface area contributed by atoms with Gasteiger partial charge in [-0.2, -0.15) is 0 Å². The van der Waals surface area contributed by atoms with Gasteiger partial charge in [0.25, 0.3) is 5.91 Å². The van der Waals surface area contributed by atoms with Crippen LogP contribution in [0.15, 0.2) is 60.9 Å². The Bertz CT molecular complexity index is 956. The summed E-state index contributed by atoms with van der Waals surface area (Å²) >= 11 is 0. The van der Waals surface area contributed by atoms with E-state index in [1.807, 2.05) is 74.2 Å². The van der Waals surface area contributed by atoms with E-state index in [1.165, 1.54) is 0 Å². The number of amides is 1. The maximum absolute atomic E-state index is 13.0. The molecule has 0 saturated heterocycles. The van der Waals surface area contributed by atoms with E-state index in [2.05, 4.69) is 15.3 Å². The number of carbonyl (C=O) groups excluding carboxylic acids is 1. The van der Waals surface area contributed by atoms with Gasteiger partial charge in [-0.25, -0.2) is 9.97 Å². The molecule has 1 N–H and O–H groups in total. The van der Waals surface area contributed by atoms with Gasteiger partial charge in [-0.15, -0.1) is 0 Å². The molecule has 0 aliphatic carbocycles. The van der Waals surface area contributed by atoms with Gasteiger partial charge in [0.2, 0.25) is 5.95 Å². The third-order valence-corrected chi connectivity index (χ3v) is 4.58. The second-order valence-electron chi connectivity index (χ2n) is 7.14. The highest BCUT2D eigenvalue weighted by Gasteiger charge is 2.20. The molecule has 3 rings (SSSR count). The number of ether oxygens (including phenoxy) is 1. The van der Waals surface area contributed by atoms with Crippen LogP contribution in [0.5, 0.6) is 5.75 Å². The maximum Gasteiger partial charge on any atom is 0.257 e. The Labute approximate surface area is 171 Å². The molecular formula is C23H26N4O2. The molecule has 0 aliphatic heterocycles. The smallest absolute Gasteiger partial charge is 0.257 e. The van der Waals surface area contributed by atoms with Gasteiger partial charge in [0.1, 0.15) is 5.75 Å². The molecule has 2 aromatic carbocycles. The predicted octanol–water partition coefficient (Wildman–Crippen LogP) is 4.59. The molecule has 0 unspecified atom stereocenters. The fraction of sp³-hybridized carbons (Fsp3) is 0.261. The van der Waals surface area contributed by atoms with Crippen LogP contribution in [0.2, 0.25) is 0 Å². The van der Waals surface area contributed by atoms with Crippen molar-refractivity contribution in [2.75, 3.05) is 12.4 Å². The van der Waals surface area contributed by atoms with E-state index < -0.39 is 0 Å². The number of hydrogen-bond donors (Lipinski definition) is 1. The SMILES string of the molecule is COc1ccc(C)cc1Nc1ncc(C(=O)N(Cc2ccccc2)C(C)C)cn1. The van der Waals surface area contributed by atoms with Gasteiger partial charge in [0.05, 0.1) is 18.4 Å². The first-order valence-electron chi connectivity index (χ1n) is 9.56. The van der Waals surface area contributed by atoms with Crippen LogP contribution in [0.25, 0.3) is 0 Å². The van der Waals surface area contributed by atoms with E-state index in [0.29, 0.717) is 23.8 Å². The average molecular weight is 390 g/mol. The number of nitrogens with one attached hydrogen (secondary N) is 1. The van der Waals surface area contributed by atoms with Gasteiger partial charge in [0.15, 0.2) is 0 Å². The lowest BCUT2D eigenvalue weighted by molar-refractivity contribution is 0.0689. The van der Waals surface area contributed by atoms with Gasteiger partial charge in [-0.1, -0.05) is 36.4 Å². The quantitative estimate of drug-likeness (QED) is 0.639. The Morgan fingerprint density at radius 2 is 1.79 bits per heavy atom. The van der Waals surface area contributed by atoms with Gasteiger partial charge in [-0.3, -0.25) is 4.79 Å². The minimum Gasteiger partial charge on any atom is -0.495 e. The highest BCUT2D eigenvalue weighted by Crippen LogP contribution is 2.27. The Hall–Kier alpha value is -3.41.